The maximum absolute atomic E-state index is 10.9. The number of ether oxygens (including phenoxy) is 1. The van der Waals surface area contributed by atoms with Crippen LogP contribution in [0.1, 0.15) is 39.0 Å². The number of nitrogens with zero attached hydrogens (tertiary/aromatic N) is 1. The van der Waals surface area contributed by atoms with Gasteiger partial charge in [-0.25, -0.2) is 0 Å². The summed E-state index contributed by atoms with van der Waals surface area (Å²) >= 11 is 0. The van der Waals surface area contributed by atoms with E-state index in [1.165, 1.54) is 0 Å². The summed E-state index contributed by atoms with van der Waals surface area (Å²) in [7, 11) is 0. The molecule has 0 rings (SSSR count). The second-order valence-corrected chi connectivity index (χ2v) is 3.05. The first-order valence-corrected chi connectivity index (χ1v) is 4.91. The molecule has 80 valence electrons. The molecule has 1 N–H and O–H groups in total. The van der Waals surface area contributed by atoms with Crippen LogP contribution in [0.4, 0.5) is 0 Å². The van der Waals surface area contributed by atoms with E-state index in [4.69, 9.17) is 10.00 Å². The smallest absolute Gasteiger partial charge is 0.305 e. The van der Waals surface area contributed by atoms with Gasteiger partial charge in [0.1, 0.15) is 0 Å². The lowest BCUT2D eigenvalue weighted by Crippen LogP contribution is -2.09. The molecule has 0 aromatic heterocycles. The van der Waals surface area contributed by atoms with E-state index < -0.39 is 6.10 Å². The van der Waals surface area contributed by atoms with E-state index in [-0.39, 0.29) is 5.97 Å². The molecular formula is C10H17NO3. The molecule has 0 fully saturated rings. The van der Waals surface area contributed by atoms with E-state index in [2.05, 4.69) is 0 Å². The van der Waals surface area contributed by atoms with E-state index in [9.17, 15) is 9.90 Å². The van der Waals surface area contributed by atoms with Crippen molar-refractivity contribution in [2.24, 2.45) is 0 Å². The third kappa shape index (κ3) is 7.56. The van der Waals surface area contributed by atoms with Gasteiger partial charge in [-0.1, -0.05) is 0 Å². The van der Waals surface area contributed by atoms with Gasteiger partial charge in [0, 0.05) is 12.8 Å². The van der Waals surface area contributed by atoms with Gasteiger partial charge in [-0.05, 0) is 26.2 Å². The van der Waals surface area contributed by atoms with Crippen molar-refractivity contribution in [2.45, 2.75) is 45.1 Å². The molecule has 0 aliphatic carbocycles. The van der Waals surface area contributed by atoms with Crippen LogP contribution in [0.2, 0.25) is 0 Å². The standard InChI is InChI=1S/C10H17NO3/c1-2-14-10(13)7-3-5-9(12)6-4-8-11/h9,12H,2-7H2,1H3. The van der Waals surface area contributed by atoms with Crippen molar-refractivity contribution in [1.82, 2.24) is 0 Å². The maximum atomic E-state index is 10.9. The Bertz CT molecular complexity index is 198. The highest BCUT2D eigenvalue weighted by Crippen LogP contribution is 2.06. The monoisotopic (exact) mass is 199 g/mol. The number of rotatable bonds is 7. The van der Waals surface area contributed by atoms with Gasteiger partial charge in [-0.15, -0.1) is 0 Å². The zero-order valence-corrected chi connectivity index (χ0v) is 8.53. The third-order valence-corrected chi connectivity index (χ3v) is 1.81. The summed E-state index contributed by atoms with van der Waals surface area (Å²) in [6.07, 6.45) is 1.90. The largest absolute Gasteiger partial charge is 0.466 e. The van der Waals surface area contributed by atoms with Gasteiger partial charge in [0.05, 0.1) is 18.8 Å². The summed E-state index contributed by atoms with van der Waals surface area (Å²) in [4.78, 5) is 10.9. The topological polar surface area (TPSA) is 70.3 Å². The van der Waals surface area contributed by atoms with E-state index in [1.54, 1.807) is 6.92 Å². The Labute approximate surface area is 84.5 Å². The molecule has 1 unspecified atom stereocenters. The SMILES string of the molecule is CCOC(=O)CCCC(O)CCC#N. The van der Waals surface area contributed by atoms with Gasteiger partial charge in [0.2, 0.25) is 0 Å². The lowest BCUT2D eigenvalue weighted by atomic mass is 10.1. The fraction of sp³-hybridized carbons (Fsp3) is 0.800. The van der Waals surface area contributed by atoms with Crippen LogP contribution in [0.15, 0.2) is 0 Å². The van der Waals surface area contributed by atoms with Crippen molar-refractivity contribution < 1.29 is 14.6 Å². The van der Waals surface area contributed by atoms with Crippen LogP contribution in [-0.2, 0) is 9.53 Å². The van der Waals surface area contributed by atoms with Crippen molar-refractivity contribution in [2.75, 3.05) is 6.61 Å². The van der Waals surface area contributed by atoms with Crippen LogP contribution >= 0.6 is 0 Å². The molecule has 4 heteroatoms. The van der Waals surface area contributed by atoms with Gasteiger partial charge in [0.15, 0.2) is 0 Å². The maximum Gasteiger partial charge on any atom is 0.305 e. The second kappa shape index (κ2) is 8.52. The molecule has 0 amide bonds. The predicted octanol–water partition coefficient (Wildman–Crippen LogP) is 1.38. The summed E-state index contributed by atoms with van der Waals surface area (Å²) in [6.45, 7) is 2.16. The molecule has 0 saturated carbocycles. The van der Waals surface area contributed by atoms with Crippen LogP contribution in [0.3, 0.4) is 0 Å². The number of nitriles is 1. The Morgan fingerprint density at radius 3 is 2.86 bits per heavy atom. The van der Waals surface area contributed by atoms with E-state index in [0.717, 1.165) is 0 Å². The number of hydrogen-bond donors (Lipinski definition) is 1. The highest BCUT2D eigenvalue weighted by molar-refractivity contribution is 5.69. The quantitative estimate of drug-likeness (QED) is 0.629. The molecular weight excluding hydrogens is 182 g/mol. The lowest BCUT2D eigenvalue weighted by Gasteiger charge is -2.07. The molecule has 0 aromatic rings. The second-order valence-electron chi connectivity index (χ2n) is 3.05. The van der Waals surface area contributed by atoms with Crippen molar-refractivity contribution >= 4 is 5.97 Å². The summed E-state index contributed by atoms with van der Waals surface area (Å²) in [6, 6.07) is 1.97. The molecule has 14 heavy (non-hydrogen) atoms. The number of aliphatic hydroxyl groups is 1. The average molecular weight is 199 g/mol. The predicted molar refractivity (Wildman–Crippen MR) is 51.3 cm³/mol. The molecule has 0 heterocycles. The molecule has 0 saturated heterocycles. The zero-order valence-electron chi connectivity index (χ0n) is 8.53. The summed E-state index contributed by atoms with van der Waals surface area (Å²) in [5, 5.41) is 17.6. The first-order chi connectivity index (χ1) is 6.70. The fourth-order valence-corrected chi connectivity index (χ4v) is 1.09. The minimum absolute atomic E-state index is 0.222. The van der Waals surface area contributed by atoms with Gasteiger partial charge in [0.25, 0.3) is 0 Å². The van der Waals surface area contributed by atoms with Crippen molar-refractivity contribution in [3.8, 4) is 6.07 Å². The number of esters is 1. The average Bonchev–Trinajstić information content (AvgIpc) is 2.15. The first-order valence-electron chi connectivity index (χ1n) is 4.91. The van der Waals surface area contributed by atoms with Crippen molar-refractivity contribution in [3.63, 3.8) is 0 Å². The van der Waals surface area contributed by atoms with Crippen LogP contribution in [0.25, 0.3) is 0 Å². The Morgan fingerprint density at radius 1 is 1.57 bits per heavy atom. The normalized spacial score (nSPS) is 11.8. The highest BCUT2D eigenvalue weighted by Gasteiger charge is 2.06. The summed E-state index contributed by atoms with van der Waals surface area (Å²) in [5.74, 6) is -0.222. The van der Waals surface area contributed by atoms with Crippen LogP contribution in [0, 0.1) is 11.3 Å². The molecule has 4 nitrogen and oxygen atoms in total. The van der Waals surface area contributed by atoms with Crippen LogP contribution in [0.5, 0.6) is 0 Å². The molecule has 0 aromatic carbocycles. The Balaban J connectivity index is 3.35. The summed E-state index contributed by atoms with van der Waals surface area (Å²) in [5.41, 5.74) is 0. The Hall–Kier alpha value is -1.08. The molecule has 0 spiro atoms. The fourth-order valence-electron chi connectivity index (χ4n) is 1.09. The molecule has 1 atom stereocenters. The molecule has 0 aliphatic heterocycles. The summed E-state index contributed by atoms with van der Waals surface area (Å²) < 4.78 is 4.73. The van der Waals surface area contributed by atoms with Gasteiger partial charge in [-0.3, -0.25) is 4.79 Å². The van der Waals surface area contributed by atoms with Gasteiger partial charge >= 0.3 is 5.97 Å². The van der Waals surface area contributed by atoms with E-state index >= 15 is 0 Å². The van der Waals surface area contributed by atoms with Crippen LogP contribution < -0.4 is 0 Å². The van der Waals surface area contributed by atoms with E-state index in [0.29, 0.717) is 38.7 Å². The molecule has 0 radical (unpaired) electrons. The number of carbonyl (C=O) groups is 1. The van der Waals surface area contributed by atoms with Gasteiger partial charge < -0.3 is 9.84 Å². The minimum atomic E-state index is -0.468. The third-order valence-electron chi connectivity index (χ3n) is 1.81. The molecule has 0 bridgehead atoms. The Kier molecular flexibility index (Phi) is 7.86. The Morgan fingerprint density at radius 2 is 2.29 bits per heavy atom. The minimum Gasteiger partial charge on any atom is -0.466 e. The van der Waals surface area contributed by atoms with Crippen LogP contribution in [-0.4, -0.2) is 23.8 Å². The van der Waals surface area contributed by atoms with E-state index in [1.807, 2.05) is 6.07 Å². The van der Waals surface area contributed by atoms with Gasteiger partial charge in [-0.2, -0.15) is 5.26 Å². The first kappa shape index (κ1) is 12.9. The van der Waals surface area contributed by atoms with Crippen molar-refractivity contribution in [1.29, 1.82) is 5.26 Å². The highest BCUT2D eigenvalue weighted by atomic mass is 16.5. The van der Waals surface area contributed by atoms with Crippen molar-refractivity contribution in [3.05, 3.63) is 0 Å². The number of carbonyl (C=O) groups excluding carboxylic acids is 1. The lowest BCUT2D eigenvalue weighted by molar-refractivity contribution is -0.143. The molecule has 0 aliphatic rings. The number of hydrogen-bond acceptors (Lipinski definition) is 4. The zero-order chi connectivity index (χ0) is 10.8. The number of aliphatic hydroxyl groups excluding tert-OH is 1.